The van der Waals surface area contributed by atoms with Crippen molar-refractivity contribution in [3.05, 3.63) is 39.9 Å². The summed E-state index contributed by atoms with van der Waals surface area (Å²) >= 11 is 0. The molecular formula is C16H16N2O4. The number of esters is 1. The topological polar surface area (TPSA) is 89.0 Å². The van der Waals surface area contributed by atoms with Gasteiger partial charge in [0.15, 0.2) is 0 Å². The lowest BCUT2D eigenvalue weighted by Gasteiger charge is -2.06. The molecule has 1 unspecified atom stereocenters. The van der Waals surface area contributed by atoms with Gasteiger partial charge in [0.05, 0.1) is 20.3 Å². The number of nitrogens with zero attached hydrogens (tertiary/aromatic N) is 2. The number of ether oxygens (including phenoxy) is 2. The van der Waals surface area contributed by atoms with Gasteiger partial charge in [-0.3, -0.25) is 4.79 Å². The largest absolute Gasteiger partial charge is 0.460 e. The van der Waals surface area contributed by atoms with Gasteiger partial charge in [-0.25, -0.2) is 4.79 Å². The van der Waals surface area contributed by atoms with Gasteiger partial charge in [0.1, 0.15) is 0 Å². The maximum atomic E-state index is 12.1. The van der Waals surface area contributed by atoms with Crippen molar-refractivity contribution in [2.75, 3.05) is 7.11 Å². The molecule has 1 aromatic carbocycles. The molecule has 1 heterocycles. The van der Waals surface area contributed by atoms with Gasteiger partial charge in [-0.15, -0.1) is 0 Å². The number of carbonyl (C=O) groups excluding carboxylic acids is 2. The Morgan fingerprint density at radius 3 is 2.77 bits per heavy atom. The number of rotatable bonds is 4. The molecule has 0 saturated heterocycles. The summed E-state index contributed by atoms with van der Waals surface area (Å²) in [5.41, 5.74) is 13.3. The molecule has 0 spiro atoms. The lowest BCUT2D eigenvalue weighted by molar-refractivity contribution is -0.139. The summed E-state index contributed by atoms with van der Waals surface area (Å²) in [6.45, 7) is 1.28. The van der Waals surface area contributed by atoms with Crippen LogP contribution in [0.4, 0.5) is 0 Å². The van der Waals surface area contributed by atoms with Crippen molar-refractivity contribution in [2.24, 2.45) is 5.92 Å². The average molecular weight is 300 g/mol. The Balaban J connectivity index is 1.73. The Morgan fingerprint density at radius 1 is 1.27 bits per heavy atom. The van der Waals surface area contributed by atoms with Crippen LogP contribution in [-0.2, 0) is 45.1 Å². The fraction of sp³-hybridized carbons (Fsp3) is 0.438. The van der Waals surface area contributed by atoms with Crippen LogP contribution in [0.3, 0.4) is 0 Å². The van der Waals surface area contributed by atoms with Crippen molar-refractivity contribution in [2.45, 2.75) is 32.5 Å². The van der Waals surface area contributed by atoms with E-state index in [1.165, 1.54) is 22.3 Å². The minimum atomic E-state index is -0.905. The number of hydrogen-bond acceptors (Lipinski definition) is 4. The molecule has 6 heteroatoms. The second kappa shape index (κ2) is 5.83. The van der Waals surface area contributed by atoms with Gasteiger partial charge in [-0.1, -0.05) is 12.1 Å². The van der Waals surface area contributed by atoms with E-state index in [1.54, 1.807) is 0 Å². The first kappa shape index (κ1) is 14.6. The maximum absolute atomic E-state index is 12.1. The highest BCUT2D eigenvalue weighted by Crippen LogP contribution is 2.35. The zero-order chi connectivity index (χ0) is 15.7. The Morgan fingerprint density at radius 2 is 2.05 bits per heavy atom. The molecule has 0 radical (unpaired) electrons. The molecule has 2 aliphatic rings. The highest BCUT2D eigenvalue weighted by Gasteiger charge is 2.35. The molecule has 1 aromatic rings. The minimum Gasteiger partial charge on any atom is -0.460 e. The maximum Gasteiger partial charge on any atom is 0.441 e. The monoisotopic (exact) mass is 300 g/mol. The molecule has 6 nitrogen and oxygen atoms in total. The van der Waals surface area contributed by atoms with E-state index in [1.807, 2.05) is 0 Å². The summed E-state index contributed by atoms with van der Waals surface area (Å²) in [7, 11) is 1.15. The minimum absolute atomic E-state index is 0.107. The Kier molecular flexibility index (Phi) is 3.88. The van der Waals surface area contributed by atoms with E-state index in [2.05, 4.69) is 21.7 Å². The fourth-order valence-corrected chi connectivity index (χ4v) is 3.30. The molecule has 0 amide bonds. The summed E-state index contributed by atoms with van der Waals surface area (Å²) < 4.78 is 9.92. The van der Waals surface area contributed by atoms with Crippen LogP contribution in [-0.4, -0.2) is 29.4 Å². The first-order valence-corrected chi connectivity index (χ1v) is 7.17. The molecule has 0 aromatic heterocycles. The number of ketones is 1. The number of carbonyl (C=O) groups is 2. The molecular weight excluding hydrogens is 284 g/mol. The fourth-order valence-electron chi connectivity index (χ4n) is 3.30. The van der Waals surface area contributed by atoms with Crippen molar-refractivity contribution in [3.63, 3.8) is 0 Å². The predicted molar refractivity (Wildman–Crippen MR) is 76.1 cm³/mol. The van der Waals surface area contributed by atoms with Crippen LogP contribution in [0.1, 0.15) is 28.7 Å². The van der Waals surface area contributed by atoms with E-state index in [0.717, 1.165) is 20.0 Å². The zero-order valence-electron chi connectivity index (χ0n) is 12.3. The lowest BCUT2D eigenvalue weighted by atomic mass is 9.96. The van der Waals surface area contributed by atoms with Crippen LogP contribution >= 0.6 is 0 Å². The highest BCUT2D eigenvalue weighted by atomic mass is 16.5. The Bertz CT molecular complexity index is 704. The van der Waals surface area contributed by atoms with Crippen molar-refractivity contribution in [1.82, 2.24) is 0 Å². The van der Waals surface area contributed by atoms with Crippen molar-refractivity contribution in [1.29, 1.82) is 0 Å². The van der Waals surface area contributed by atoms with Gasteiger partial charge < -0.3 is 15.0 Å². The summed E-state index contributed by atoms with van der Waals surface area (Å²) in [6, 6.07) is 4.18. The van der Waals surface area contributed by atoms with Crippen molar-refractivity contribution in [3.8, 4) is 0 Å². The third-order valence-corrected chi connectivity index (χ3v) is 4.35. The summed E-state index contributed by atoms with van der Waals surface area (Å²) in [6.07, 6.45) is 1.74. The zero-order valence-corrected chi connectivity index (χ0v) is 12.3. The van der Waals surface area contributed by atoms with E-state index < -0.39 is 17.5 Å². The van der Waals surface area contributed by atoms with Crippen LogP contribution < -0.4 is 0 Å². The van der Waals surface area contributed by atoms with Gasteiger partial charge in [0.2, 0.25) is 0 Å². The van der Waals surface area contributed by atoms with Crippen molar-refractivity contribution >= 4 is 17.5 Å². The molecule has 1 aliphatic carbocycles. The molecule has 1 aliphatic heterocycles. The number of Topliss-reactive ketones (excluding diaryl/α,β-unsaturated/α-hetero) is 1. The Hall–Kier alpha value is -2.30. The van der Waals surface area contributed by atoms with Crippen LogP contribution in [0.5, 0.6) is 0 Å². The molecule has 3 rings (SSSR count). The number of fused-ring (bicyclic) bond motifs is 3. The SMILES string of the molecule is COC(=O)C(=[N+]=[N-])C(=O)CC1Cc2ccc3c(c2C1)COC3. The standard InChI is InChI=1S/C16H16N2O4/c1-21-16(20)15(18-17)14(19)6-9-4-10-2-3-11-7-22-8-13(11)12(10)5-9/h2-3,9H,4-8H2,1H3. The third kappa shape index (κ3) is 2.47. The number of methoxy groups -OCH3 is 1. The van der Waals surface area contributed by atoms with E-state index in [0.29, 0.717) is 13.2 Å². The molecule has 114 valence electrons. The van der Waals surface area contributed by atoms with Crippen LogP contribution in [0, 0.1) is 5.92 Å². The lowest BCUT2D eigenvalue weighted by Crippen LogP contribution is -2.28. The quantitative estimate of drug-likeness (QED) is 0.275. The second-order valence-corrected chi connectivity index (χ2v) is 5.68. The van der Waals surface area contributed by atoms with Gasteiger partial charge in [0.25, 0.3) is 5.78 Å². The predicted octanol–water partition coefficient (Wildman–Crippen LogP) is 1.23. The van der Waals surface area contributed by atoms with E-state index in [-0.39, 0.29) is 12.3 Å². The highest BCUT2D eigenvalue weighted by molar-refractivity contribution is 6.62. The van der Waals surface area contributed by atoms with E-state index >= 15 is 0 Å². The first-order valence-electron chi connectivity index (χ1n) is 7.17. The first-order chi connectivity index (χ1) is 10.6. The van der Waals surface area contributed by atoms with Gasteiger partial charge in [-0.2, -0.15) is 4.79 Å². The number of benzene rings is 1. The van der Waals surface area contributed by atoms with Gasteiger partial charge >= 0.3 is 11.7 Å². The van der Waals surface area contributed by atoms with Gasteiger partial charge in [0, 0.05) is 6.42 Å². The molecule has 0 fully saturated rings. The van der Waals surface area contributed by atoms with E-state index in [9.17, 15) is 9.59 Å². The normalized spacial score (nSPS) is 18.3. The second-order valence-electron chi connectivity index (χ2n) is 5.68. The van der Waals surface area contributed by atoms with E-state index in [4.69, 9.17) is 10.3 Å². The van der Waals surface area contributed by atoms with Crippen LogP contribution in [0.25, 0.3) is 5.53 Å². The average Bonchev–Trinajstić information content (AvgIpc) is 3.12. The smallest absolute Gasteiger partial charge is 0.441 e. The number of hydrogen-bond donors (Lipinski definition) is 0. The molecule has 0 N–H and O–H groups in total. The third-order valence-electron chi connectivity index (χ3n) is 4.35. The molecule has 0 bridgehead atoms. The summed E-state index contributed by atoms with van der Waals surface area (Å²) in [4.78, 5) is 26.3. The summed E-state index contributed by atoms with van der Waals surface area (Å²) in [5, 5.41) is 0. The van der Waals surface area contributed by atoms with Crippen molar-refractivity contribution < 1.29 is 23.9 Å². The Labute approximate surface area is 127 Å². The molecule has 1 atom stereocenters. The van der Waals surface area contributed by atoms with Crippen LogP contribution in [0.15, 0.2) is 12.1 Å². The van der Waals surface area contributed by atoms with Gasteiger partial charge in [-0.05, 0) is 41.0 Å². The van der Waals surface area contributed by atoms with Crippen LogP contribution in [0.2, 0.25) is 0 Å². The molecule has 22 heavy (non-hydrogen) atoms. The summed E-state index contributed by atoms with van der Waals surface area (Å²) in [5.74, 6) is -1.28. The molecule has 0 saturated carbocycles.